The van der Waals surface area contributed by atoms with E-state index in [0.717, 1.165) is 14.5 Å². The SMILES string of the molecule is O=C(N/N=C\c1cc(Br)ccc1OCc1ccc(Br)cc1)C(O)(c1ccccc1)c1ccccc1. The van der Waals surface area contributed by atoms with Crippen LogP contribution in [0.1, 0.15) is 22.3 Å². The minimum Gasteiger partial charge on any atom is -0.488 e. The van der Waals surface area contributed by atoms with Crippen LogP contribution in [0.2, 0.25) is 0 Å². The van der Waals surface area contributed by atoms with Gasteiger partial charge < -0.3 is 9.84 Å². The number of hydrogen-bond acceptors (Lipinski definition) is 4. The predicted octanol–water partition coefficient (Wildman–Crippen LogP) is 6.18. The number of halogens is 2. The van der Waals surface area contributed by atoms with Crippen LogP contribution >= 0.6 is 31.9 Å². The Balaban J connectivity index is 1.54. The highest BCUT2D eigenvalue weighted by atomic mass is 79.9. The van der Waals surface area contributed by atoms with Gasteiger partial charge in [-0.05, 0) is 47.0 Å². The highest BCUT2D eigenvalue weighted by molar-refractivity contribution is 9.10. The highest BCUT2D eigenvalue weighted by Crippen LogP contribution is 2.30. The number of hydrogen-bond donors (Lipinski definition) is 2. The van der Waals surface area contributed by atoms with Crippen LogP contribution in [0.15, 0.2) is 117 Å². The van der Waals surface area contributed by atoms with Gasteiger partial charge in [-0.3, -0.25) is 4.79 Å². The average Bonchev–Trinajstić information content (AvgIpc) is 2.89. The van der Waals surface area contributed by atoms with Crippen molar-refractivity contribution in [3.63, 3.8) is 0 Å². The number of amides is 1. The Hall–Kier alpha value is -3.26. The molecule has 0 aromatic heterocycles. The zero-order valence-electron chi connectivity index (χ0n) is 18.6. The molecule has 0 heterocycles. The van der Waals surface area contributed by atoms with Gasteiger partial charge in [-0.15, -0.1) is 0 Å². The molecule has 0 spiro atoms. The number of carbonyl (C=O) groups excluding carboxylic acids is 1. The van der Waals surface area contributed by atoms with Crippen molar-refractivity contribution in [2.45, 2.75) is 12.2 Å². The van der Waals surface area contributed by atoms with E-state index in [9.17, 15) is 9.90 Å². The average molecular weight is 594 g/mol. The minimum atomic E-state index is -1.90. The van der Waals surface area contributed by atoms with Gasteiger partial charge in [0.15, 0.2) is 5.60 Å². The van der Waals surface area contributed by atoms with Crippen molar-refractivity contribution in [2.24, 2.45) is 5.10 Å². The van der Waals surface area contributed by atoms with Gasteiger partial charge >= 0.3 is 0 Å². The number of benzene rings is 4. The van der Waals surface area contributed by atoms with Gasteiger partial charge in [0.2, 0.25) is 0 Å². The highest BCUT2D eigenvalue weighted by Gasteiger charge is 2.39. The molecular formula is C28H22Br2N2O3. The summed E-state index contributed by atoms with van der Waals surface area (Å²) in [6.45, 7) is 0.379. The molecule has 0 fully saturated rings. The maximum absolute atomic E-state index is 13.2. The number of nitrogens with zero attached hydrogens (tertiary/aromatic N) is 1. The second-order valence-corrected chi connectivity index (χ2v) is 9.57. The van der Waals surface area contributed by atoms with Crippen molar-refractivity contribution in [3.8, 4) is 5.75 Å². The van der Waals surface area contributed by atoms with Crippen LogP contribution in [-0.2, 0) is 17.0 Å². The van der Waals surface area contributed by atoms with Gasteiger partial charge in [-0.1, -0.05) is 105 Å². The third kappa shape index (κ3) is 6.06. The summed E-state index contributed by atoms with van der Waals surface area (Å²) in [7, 11) is 0. The first-order valence-corrected chi connectivity index (χ1v) is 12.4. The van der Waals surface area contributed by atoms with Gasteiger partial charge in [0, 0.05) is 14.5 Å². The number of hydrazone groups is 1. The molecule has 0 aliphatic carbocycles. The van der Waals surface area contributed by atoms with Gasteiger partial charge in [0.1, 0.15) is 12.4 Å². The van der Waals surface area contributed by atoms with E-state index in [1.54, 1.807) is 48.5 Å². The molecule has 0 atom stereocenters. The monoisotopic (exact) mass is 592 g/mol. The summed E-state index contributed by atoms with van der Waals surface area (Å²) >= 11 is 6.89. The van der Waals surface area contributed by atoms with Gasteiger partial charge in [-0.2, -0.15) is 5.10 Å². The molecule has 1 amide bonds. The first-order valence-electron chi connectivity index (χ1n) is 10.8. The molecule has 4 rings (SSSR count). The van der Waals surface area contributed by atoms with Crippen LogP contribution in [0.25, 0.3) is 0 Å². The number of ether oxygens (including phenoxy) is 1. The maximum atomic E-state index is 13.2. The van der Waals surface area contributed by atoms with Crippen LogP contribution in [0.3, 0.4) is 0 Å². The molecule has 4 aromatic rings. The lowest BCUT2D eigenvalue weighted by molar-refractivity contribution is -0.136. The van der Waals surface area contributed by atoms with Crippen molar-refractivity contribution >= 4 is 44.0 Å². The molecule has 35 heavy (non-hydrogen) atoms. The third-order valence-corrected chi connectivity index (χ3v) is 6.38. The van der Waals surface area contributed by atoms with E-state index in [4.69, 9.17) is 4.74 Å². The molecule has 0 bridgehead atoms. The van der Waals surface area contributed by atoms with Crippen LogP contribution in [0, 0.1) is 0 Å². The number of rotatable bonds is 8. The first kappa shape index (κ1) is 24.9. The van der Waals surface area contributed by atoms with E-state index < -0.39 is 11.5 Å². The van der Waals surface area contributed by atoms with Gasteiger partial charge in [-0.25, -0.2) is 5.43 Å². The molecular weight excluding hydrogens is 572 g/mol. The van der Waals surface area contributed by atoms with Crippen LogP contribution in [-0.4, -0.2) is 17.2 Å². The first-order chi connectivity index (χ1) is 17.0. The summed E-state index contributed by atoms with van der Waals surface area (Å²) in [6, 6.07) is 31.0. The maximum Gasteiger partial charge on any atom is 0.281 e. The Morgan fingerprint density at radius 3 is 2.03 bits per heavy atom. The summed E-state index contributed by atoms with van der Waals surface area (Å²) < 4.78 is 7.83. The largest absolute Gasteiger partial charge is 0.488 e. The fourth-order valence-electron chi connectivity index (χ4n) is 3.52. The molecule has 0 radical (unpaired) electrons. The number of nitrogens with one attached hydrogen (secondary N) is 1. The van der Waals surface area contributed by atoms with E-state index in [0.29, 0.717) is 29.0 Å². The smallest absolute Gasteiger partial charge is 0.281 e. The van der Waals surface area contributed by atoms with Gasteiger partial charge in [0.25, 0.3) is 5.91 Å². The Morgan fingerprint density at radius 2 is 1.43 bits per heavy atom. The molecule has 5 nitrogen and oxygen atoms in total. The molecule has 0 aliphatic rings. The molecule has 7 heteroatoms. The number of carbonyl (C=O) groups is 1. The van der Waals surface area contributed by atoms with Crippen molar-refractivity contribution < 1.29 is 14.6 Å². The normalized spacial score (nSPS) is 11.4. The standard InChI is InChI=1S/C28H22Br2N2O3/c29-24-13-11-20(12-14-24)19-35-26-16-15-25(30)17-21(26)18-31-32-27(33)28(34,22-7-3-1-4-8-22)23-9-5-2-6-10-23/h1-18,34H,19H2,(H,32,33)/b31-18-. The fourth-order valence-corrected chi connectivity index (χ4v) is 4.17. The minimum absolute atomic E-state index is 0.379. The molecule has 4 aromatic carbocycles. The number of aliphatic hydroxyl groups is 1. The van der Waals surface area contributed by atoms with E-state index in [2.05, 4.69) is 42.4 Å². The Bertz CT molecular complexity index is 1270. The molecule has 0 aliphatic heterocycles. The molecule has 0 unspecified atom stereocenters. The van der Waals surface area contributed by atoms with E-state index in [-0.39, 0.29) is 0 Å². The topological polar surface area (TPSA) is 70.9 Å². The summed E-state index contributed by atoms with van der Waals surface area (Å²) in [5.41, 5.74) is 3.17. The van der Waals surface area contributed by atoms with Gasteiger partial charge in [0.05, 0.1) is 6.21 Å². The third-order valence-electron chi connectivity index (χ3n) is 5.36. The van der Waals surface area contributed by atoms with Crippen molar-refractivity contribution in [1.29, 1.82) is 0 Å². The van der Waals surface area contributed by atoms with Crippen LogP contribution in [0.5, 0.6) is 5.75 Å². The molecule has 176 valence electrons. The van der Waals surface area contributed by atoms with Crippen LogP contribution < -0.4 is 10.2 Å². The summed E-state index contributed by atoms with van der Waals surface area (Å²) in [5.74, 6) is -0.0611. The lowest BCUT2D eigenvalue weighted by atomic mass is 9.85. The zero-order valence-corrected chi connectivity index (χ0v) is 21.7. The zero-order chi connectivity index (χ0) is 24.7. The van der Waals surface area contributed by atoms with Crippen molar-refractivity contribution in [3.05, 3.63) is 134 Å². The van der Waals surface area contributed by atoms with E-state index in [1.165, 1.54) is 6.21 Å². The van der Waals surface area contributed by atoms with Crippen molar-refractivity contribution in [2.75, 3.05) is 0 Å². The summed E-state index contributed by atoms with van der Waals surface area (Å²) in [4.78, 5) is 13.2. The Kier molecular flexibility index (Phi) is 8.13. The quantitative estimate of drug-likeness (QED) is 0.189. The second-order valence-electron chi connectivity index (χ2n) is 7.74. The summed E-state index contributed by atoms with van der Waals surface area (Å²) in [6.07, 6.45) is 1.50. The Morgan fingerprint density at radius 1 is 0.857 bits per heavy atom. The molecule has 0 saturated carbocycles. The Labute approximate surface area is 220 Å². The molecule has 0 saturated heterocycles. The lowest BCUT2D eigenvalue weighted by Gasteiger charge is -2.27. The van der Waals surface area contributed by atoms with Crippen molar-refractivity contribution in [1.82, 2.24) is 5.43 Å². The van der Waals surface area contributed by atoms with E-state index >= 15 is 0 Å². The molecule has 2 N–H and O–H groups in total. The fraction of sp³-hybridized carbons (Fsp3) is 0.0714. The summed E-state index contributed by atoms with van der Waals surface area (Å²) in [5, 5.41) is 15.7. The second kappa shape index (κ2) is 11.4. The van der Waals surface area contributed by atoms with E-state index in [1.807, 2.05) is 54.6 Å². The van der Waals surface area contributed by atoms with Crippen LogP contribution in [0.4, 0.5) is 0 Å². The lowest BCUT2D eigenvalue weighted by Crippen LogP contribution is -2.43. The predicted molar refractivity (Wildman–Crippen MR) is 144 cm³/mol.